The van der Waals surface area contributed by atoms with E-state index >= 15 is 0 Å². The van der Waals surface area contributed by atoms with Crippen molar-refractivity contribution in [3.05, 3.63) is 40.4 Å². The van der Waals surface area contributed by atoms with Crippen molar-refractivity contribution in [2.75, 3.05) is 26.2 Å². The molecule has 1 aromatic carbocycles. The summed E-state index contributed by atoms with van der Waals surface area (Å²) in [6.07, 6.45) is 4.61. The number of halogens is 1. The van der Waals surface area contributed by atoms with Crippen molar-refractivity contribution >= 4 is 28.8 Å². The Morgan fingerprint density at radius 3 is 2.50 bits per heavy atom. The minimum Gasteiger partial charge on any atom is -0.340 e. The highest BCUT2D eigenvalue weighted by Gasteiger charge is 2.29. The molecule has 0 bridgehead atoms. The number of carbonyl (C=O) groups excluding carboxylic acids is 1. The van der Waals surface area contributed by atoms with Crippen molar-refractivity contribution < 1.29 is 4.79 Å². The minimum atomic E-state index is 0.294. The minimum absolute atomic E-state index is 0.294. The van der Waals surface area contributed by atoms with Crippen LogP contribution in [-0.4, -0.2) is 46.9 Å². The van der Waals surface area contributed by atoms with Crippen molar-refractivity contribution in [2.24, 2.45) is 5.92 Å². The third-order valence-electron chi connectivity index (χ3n) is 5.42. The fourth-order valence-electron chi connectivity index (χ4n) is 3.89. The number of benzene rings is 1. The maximum atomic E-state index is 12.5. The number of aromatic nitrogens is 1. The quantitative estimate of drug-likeness (QED) is 0.782. The zero-order valence-corrected chi connectivity index (χ0v) is 16.4. The van der Waals surface area contributed by atoms with Gasteiger partial charge in [0, 0.05) is 54.6 Å². The van der Waals surface area contributed by atoms with Crippen LogP contribution in [-0.2, 0) is 11.3 Å². The van der Waals surface area contributed by atoms with Crippen molar-refractivity contribution in [1.82, 2.24) is 14.8 Å². The summed E-state index contributed by atoms with van der Waals surface area (Å²) < 4.78 is 0. The number of thiazole rings is 1. The van der Waals surface area contributed by atoms with E-state index in [1.165, 1.54) is 12.8 Å². The van der Waals surface area contributed by atoms with E-state index < -0.39 is 0 Å². The molecular weight excluding hydrogens is 366 g/mol. The standard InChI is InChI=1S/C20H24ClN3OS/c21-17-7-5-15(6-8-17)19-22-18(14-26-19)13-23-9-11-24(12-10-23)20(25)16-3-1-2-4-16/h5-8,14,16H,1-4,9-13H2. The third kappa shape index (κ3) is 4.11. The predicted molar refractivity (Wildman–Crippen MR) is 106 cm³/mol. The van der Waals surface area contributed by atoms with E-state index in [0.29, 0.717) is 11.8 Å². The van der Waals surface area contributed by atoms with E-state index in [9.17, 15) is 4.79 Å². The second-order valence-corrected chi connectivity index (χ2v) is 8.53. The van der Waals surface area contributed by atoms with Crippen LogP contribution in [0.2, 0.25) is 5.02 Å². The van der Waals surface area contributed by atoms with Crippen LogP contribution in [0.25, 0.3) is 10.6 Å². The van der Waals surface area contributed by atoms with Crippen LogP contribution < -0.4 is 0 Å². The Labute approximate surface area is 163 Å². The van der Waals surface area contributed by atoms with Gasteiger partial charge in [-0.3, -0.25) is 9.69 Å². The number of amides is 1. The molecule has 26 heavy (non-hydrogen) atoms. The average molecular weight is 390 g/mol. The lowest BCUT2D eigenvalue weighted by atomic mass is 10.1. The first-order chi connectivity index (χ1) is 12.7. The molecule has 0 radical (unpaired) electrons. The number of hydrogen-bond donors (Lipinski definition) is 0. The molecule has 138 valence electrons. The van der Waals surface area contributed by atoms with Gasteiger partial charge in [-0.15, -0.1) is 11.3 Å². The van der Waals surface area contributed by atoms with Crippen LogP contribution in [0.3, 0.4) is 0 Å². The number of rotatable bonds is 4. The number of nitrogens with zero attached hydrogens (tertiary/aromatic N) is 3. The Morgan fingerprint density at radius 2 is 1.81 bits per heavy atom. The zero-order chi connectivity index (χ0) is 17.9. The molecule has 1 aliphatic heterocycles. The highest BCUT2D eigenvalue weighted by atomic mass is 35.5. The van der Waals surface area contributed by atoms with Crippen LogP contribution in [0.5, 0.6) is 0 Å². The first kappa shape index (κ1) is 18.0. The topological polar surface area (TPSA) is 36.4 Å². The summed E-state index contributed by atoms with van der Waals surface area (Å²) in [6.45, 7) is 4.43. The lowest BCUT2D eigenvalue weighted by Crippen LogP contribution is -2.49. The molecule has 1 saturated heterocycles. The molecule has 4 nitrogen and oxygen atoms in total. The fourth-order valence-corrected chi connectivity index (χ4v) is 4.83. The van der Waals surface area contributed by atoms with Crippen molar-refractivity contribution in [3.8, 4) is 10.6 Å². The summed E-state index contributed by atoms with van der Waals surface area (Å²) >= 11 is 7.63. The maximum absolute atomic E-state index is 12.5. The first-order valence-corrected chi connectivity index (χ1v) is 10.7. The van der Waals surface area contributed by atoms with Crippen LogP contribution in [0, 0.1) is 5.92 Å². The van der Waals surface area contributed by atoms with E-state index in [1.54, 1.807) is 11.3 Å². The highest BCUT2D eigenvalue weighted by molar-refractivity contribution is 7.13. The molecule has 1 aliphatic carbocycles. The lowest BCUT2D eigenvalue weighted by molar-refractivity contribution is -0.137. The molecule has 1 aromatic heterocycles. The predicted octanol–water partition coefficient (Wildman–Crippen LogP) is 4.30. The van der Waals surface area contributed by atoms with Gasteiger partial charge in [0.25, 0.3) is 0 Å². The summed E-state index contributed by atoms with van der Waals surface area (Å²) in [7, 11) is 0. The van der Waals surface area contributed by atoms with Gasteiger partial charge in [-0.05, 0) is 25.0 Å². The first-order valence-electron chi connectivity index (χ1n) is 9.40. The Bertz CT molecular complexity index is 747. The van der Waals surface area contributed by atoms with Gasteiger partial charge in [-0.2, -0.15) is 0 Å². The van der Waals surface area contributed by atoms with E-state index in [0.717, 1.165) is 66.9 Å². The van der Waals surface area contributed by atoms with Gasteiger partial charge < -0.3 is 4.90 Å². The van der Waals surface area contributed by atoms with Crippen molar-refractivity contribution in [3.63, 3.8) is 0 Å². The molecule has 4 rings (SSSR count). The molecule has 2 aliphatic rings. The fraction of sp³-hybridized carbons (Fsp3) is 0.500. The number of carbonyl (C=O) groups is 1. The number of hydrogen-bond acceptors (Lipinski definition) is 4. The molecule has 0 N–H and O–H groups in total. The Kier molecular flexibility index (Phi) is 5.57. The second-order valence-electron chi connectivity index (χ2n) is 7.23. The summed E-state index contributed by atoms with van der Waals surface area (Å²) in [5.41, 5.74) is 2.22. The summed E-state index contributed by atoms with van der Waals surface area (Å²) in [5, 5.41) is 3.92. The molecule has 2 aromatic rings. The normalized spacial score (nSPS) is 19.2. The molecule has 2 fully saturated rings. The van der Waals surface area contributed by atoms with Crippen LogP contribution in [0.1, 0.15) is 31.4 Å². The lowest BCUT2D eigenvalue weighted by Gasteiger charge is -2.35. The van der Waals surface area contributed by atoms with Crippen LogP contribution >= 0.6 is 22.9 Å². The summed E-state index contributed by atoms with van der Waals surface area (Å²) in [5.74, 6) is 0.683. The van der Waals surface area contributed by atoms with E-state index in [1.807, 2.05) is 24.3 Å². The molecule has 0 atom stereocenters. The van der Waals surface area contributed by atoms with Gasteiger partial charge in [0.05, 0.1) is 5.69 Å². The van der Waals surface area contributed by atoms with Crippen molar-refractivity contribution in [1.29, 1.82) is 0 Å². The van der Waals surface area contributed by atoms with E-state index in [4.69, 9.17) is 16.6 Å². The zero-order valence-electron chi connectivity index (χ0n) is 14.9. The van der Waals surface area contributed by atoms with Gasteiger partial charge in [0.2, 0.25) is 5.91 Å². The average Bonchev–Trinajstić information content (AvgIpc) is 3.35. The molecule has 1 amide bonds. The largest absolute Gasteiger partial charge is 0.340 e. The monoisotopic (exact) mass is 389 g/mol. The molecule has 2 heterocycles. The second kappa shape index (κ2) is 8.07. The highest BCUT2D eigenvalue weighted by Crippen LogP contribution is 2.28. The van der Waals surface area contributed by atoms with Crippen LogP contribution in [0.15, 0.2) is 29.6 Å². The number of piperazine rings is 1. The van der Waals surface area contributed by atoms with Gasteiger partial charge in [0.1, 0.15) is 5.01 Å². The van der Waals surface area contributed by atoms with Gasteiger partial charge in [-0.25, -0.2) is 4.98 Å². The maximum Gasteiger partial charge on any atom is 0.225 e. The van der Waals surface area contributed by atoms with Gasteiger partial charge in [-0.1, -0.05) is 36.6 Å². The molecular formula is C20H24ClN3OS. The summed E-state index contributed by atoms with van der Waals surface area (Å²) in [4.78, 5) is 21.8. The SMILES string of the molecule is O=C(C1CCCC1)N1CCN(Cc2csc(-c3ccc(Cl)cc3)n2)CC1. The third-order valence-corrected chi connectivity index (χ3v) is 6.61. The van der Waals surface area contributed by atoms with Gasteiger partial charge in [0.15, 0.2) is 0 Å². The molecule has 0 spiro atoms. The molecule has 6 heteroatoms. The summed E-state index contributed by atoms with van der Waals surface area (Å²) in [6, 6.07) is 7.83. The van der Waals surface area contributed by atoms with Gasteiger partial charge >= 0.3 is 0 Å². The Balaban J connectivity index is 1.30. The van der Waals surface area contributed by atoms with Crippen molar-refractivity contribution in [2.45, 2.75) is 32.2 Å². The van der Waals surface area contributed by atoms with E-state index in [2.05, 4.69) is 15.2 Å². The molecule has 0 unspecified atom stereocenters. The van der Waals surface area contributed by atoms with Crippen LogP contribution in [0.4, 0.5) is 0 Å². The molecule has 1 saturated carbocycles. The Morgan fingerprint density at radius 1 is 1.12 bits per heavy atom. The Hall–Kier alpha value is -1.43. The smallest absolute Gasteiger partial charge is 0.225 e. The van der Waals surface area contributed by atoms with E-state index in [-0.39, 0.29) is 0 Å².